The molecule has 0 aliphatic carbocycles. The summed E-state index contributed by atoms with van der Waals surface area (Å²) in [5.74, 6) is -0.110. The third kappa shape index (κ3) is 4.34. The maximum absolute atomic E-state index is 13.6. The topological polar surface area (TPSA) is 99.8 Å². The number of benzene rings is 2. The molecule has 32 heavy (non-hydrogen) atoms. The van der Waals surface area contributed by atoms with E-state index >= 15 is 0 Å². The Hall–Kier alpha value is -3.33. The molecule has 4 aromatic rings. The average Bonchev–Trinajstić information content (AvgIpc) is 3.18. The van der Waals surface area contributed by atoms with Gasteiger partial charge in [-0.1, -0.05) is 12.1 Å². The first-order chi connectivity index (χ1) is 15.5. The van der Waals surface area contributed by atoms with Gasteiger partial charge in [-0.25, -0.2) is 13.8 Å². The summed E-state index contributed by atoms with van der Waals surface area (Å²) in [5, 5.41) is 3.96. The number of H-pyrrole nitrogens is 2. The zero-order chi connectivity index (χ0) is 22.7. The zero-order valence-corrected chi connectivity index (χ0v) is 18.3. The number of nitrogens with zero attached hydrogens (tertiary/aromatic N) is 1. The van der Waals surface area contributed by atoms with Crippen LogP contribution < -0.4 is 16.6 Å². The number of carbonyl (C=O) groups excluding carboxylic acids is 1. The highest BCUT2D eigenvalue weighted by molar-refractivity contribution is 7.98. The van der Waals surface area contributed by atoms with Gasteiger partial charge in [-0.3, -0.25) is 9.59 Å². The molecule has 0 radical (unpaired) electrons. The molecule has 0 spiro atoms. The van der Waals surface area contributed by atoms with Crippen LogP contribution in [0.25, 0.3) is 21.8 Å². The molecule has 4 rings (SSSR count). The lowest BCUT2D eigenvalue weighted by atomic mass is 10.1. The molecule has 3 N–H and O–H groups in total. The molecule has 0 fully saturated rings. The molecule has 2 aromatic heterocycles. The van der Waals surface area contributed by atoms with Gasteiger partial charge in [0.2, 0.25) is 5.91 Å². The van der Waals surface area contributed by atoms with Gasteiger partial charge in [0.15, 0.2) is 0 Å². The van der Waals surface area contributed by atoms with E-state index in [9.17, 15) is 18.8 Å². The minimum absolute atomic E-state index is 0.290. The van der Waals surface area contributed by atoms with Crippen molar-refractivity contribution < 1.29 is 9.18 Å². The number of hydrogen-bond donors (Lipinski definition) is 3. The molecule has 1 amide bonds. The second-order valence-corrected chi connectivity index (χ2v) is 8.48. The fourth-order valence-corrected chi connectivity index (χ4v) is 4.32. The Morgan fingerprint density at radius 2 is 1.97 bits per heavy atom. The minimum Gasteiger partial charge on any atom is -0.361 e. The Labute approximate surface area is 187 Å². The molecule has 0 aliphatic rings. The van der Waals surface area contributed by atoms with Crippen LogP contribution in [0.2, 0.25) is 0 Å². The summed E-state index contributed by atoms with van der Waals surface area (Å²) in [7, 11) is 0. The summed E-state index contributed by atoms with van der Waals surface area (Å²) in [6.45, 7) is 0.290. The lowest BCUT2D eigenvalue weighted by Gasteiger charge is -2.18. The molecule has 9 heteroatoms. The van der Waals surface area contributed by atoms with Crippen LogP contribution in [0.5, 0.6) is 0 Å². The number of carbonyl (C=O) groups is 1. The predicted molar refractivity (Wildman–Crippen MR) is 126 cm³/mol. The van der Waals surface area contributed by atoms with E-state index in [4.69, 9.17) is 0 Å². The predicted octanol–water partition coefficient (Wildman–Crippen LogP) is 2.96. The SMILES string of the molecule is CSCC[C@@H](C(=O)NCCc1c[nH]c2ccc(F)cc12)n1c(=O)[nH]c2ccccc2c1=O. The number of para-hydroxylation sites is 1. The van der Waals surface area contributed by atoms with Gasteiger partial charge in [0, 0.05) is 23.6 Å². The Balaban J connectivity index is 1.56. The van der Waals surface area contributed by atoms with Crippen molar-refractivity contribution in [3.63, 3.8) is 0 Å². The van der Waals surface area contributed by atoms with Gasteiger partial charge in [0.1, 0.15) is 11.9 Å². The molecule has 2 aromatic carbocycles. The molecule has 0 saturated carbocycles. The van der Waals surface area contributed by atoms with Crippen molar-refractivity contribution >= 4 is 39.5 Å². The van der Waals surface area contributed by atoms with Gasteiger partial charge < -0.3 is 15.3 Å². The standard InChI is InChI=1S/C23H23FN4O3S/c1-32-11-9-20(28-22(30)16-4-2-3-5-19(16)27-23(28)31)21(29)25-10-8-14-13-26-18-7-6-15(24)12-17(14)18/h2-7,12-13,20,26H,8-11H2,1H3,(H,25,29)(H,27,31)/t20-/m0/s1. The number of aromatic nitrogens is 3. The lowest BCUT2D eigenvalue weighted by molar-refractivity contribution is -0.124. The van der Waals surface area contributed by atoms with Gasteiger partial charge in [0.05, 0.1) is 10.9 Å². The van der Waals surface area contributed by atoms with Crippen molar-refractivity contribution in [2.24, 2.45) is 0 Å². The Morgan fingerprint density at radius 1 is 1.16 bits per heavy atom. The number of rotatable bonds is 8. The fourth-order valence-electron chi connectivity index (χ4n) is 3.86. The molecule has 7 nitrogen and oxygen atoms in total. The summed E-state index contributed by atoms with van der Waals surface area (Å²) in [5.41, 5.74) is 1.04. The number of thioether (sulfide) groups is 1. The highest BCUT2D eigenvalue weighted by Gasteiger charge is 2.24. The third-order valence-electron chi connectivity index (χ3n) is 5.47. The summed E-state index contributed by atoms with van der Waals surface area (Å²) in [6, 6.07) is 10.3. The summed E-state index contributed by atoms with van der Waals surface area (Å²) >= 11 is 1.53. The first kappa shape index (κ1) is 21.9. The van der Waals surface area contributed by atoms with Crippen molar-refractivity contribution in [2.45, 2.75) is 18.9 Å². The van der Waals surface area contributed by atoms with Crippen molar-refractivity contribution in [2.75, 3.05) is 18.6 Å². The number of fused-ring (bicyclic) bond motifs is 2. The van der Waals surface area contributed by atoms with Crippen LogP contribution in [0.1, 0.15) is 18.0 Å². The fraction of sp³-hybridized carbons (Fsp3) is 0.261. The monoisotopic (exact) mass is 454 g/mol. The molecule has 0 unspecified atom stereocenters. The van der Waals surface area contributed by atoms with Gasteiger partial charge in [-0.2, -0.15) is 11.8 Å². The zero-order valence-electron chi connectivity index (χ0n) is 17.5. The van der Waals surface area contributed by atoms with Gasteiger partial charge in [-0.05, 0) is 60.7 Å². The number of amides is 1. The number of aromatic amines is 2. The second kappa shape index (κ2) is 9.44. The van der Waals surface area contributed by atoms with E-state index in [2.05, 4.69) is 15.3 Å². The Morgan fingerprint density at radius 3 is 2.78 bits per heavy atom. The lowest BCUT2D eigenvalue weighted by Crippen LogP contribution is -2.45. The molecule has 0 aliphatic heterocycles. The van der Waals surface area contributed by atoms with Crippen LogP contribution in [0, 0.1) is 5.82 Å². The molecule has 0 saturated heterocycles. The van der Waals surface area contributed by atoms with Crippen molar-refractivity contribution in [3.05, 3.63) is 80.9 Å². The minimum atomic E-state index is -0.927. The van der Waals surface area contributed by atoms with Crippen molar-refractivity contribution in [1.82, 2.24) is 19.9 Å². The molecule has 1 atom stereocenters. The van der Waals surface area contributed by atoms with Crippen LogP contribution in [0.4, 0.5) is 4.39 Å². The number of hydrogen-bond acceptors (Lipinski definition) is 4. The van der Waals surface area contributed by atoms with E-state index in [1.807, 2.05) is 6.26 Å². The summed E-state index contributed by atoms with van der Waals surface area (Å²) in [6.07, 6.45) is 4.51. The van der Waals surface area contributed by atoms with E-state index in [-0.39, 0.29) is 12.4 Å². The number of nitrogens with one attached hydrogen (secondary N) is 3. The smallest absolute Gasteiger partial charge is 0.329 e. The van der Waals surface area contributed by atoms with Crippen molar-refractivity contribution in [1.29, 1.82) is 0 Å². The maximum Gasteiger partial charge on any atom is 0.329 e. The molecule has 0 bridgehead atoms. The molecular weight excluding hydrogens is 431 g/mol. The summed E-state index contributed by atoms with van der Waals surface area (Å²) in [4.78, 5) is 44.5. The number of halogens is 1. The second-order valence-electron chi connectivity index (χ2n) is 7.49. The van der Waals surface area contributed by atoms with E-state index in [1.165, 1.54) is 23.9 Å². The van der Waals surface area contributed by atoms with Crippen LogP contribution in [-0.2, 0) is 11.2 Å². The highest BCUT2D eigenvalue weighted by Crippen LogP contribution is 2.20. The normalized spacial score (nSPS) is 12.3. The third-order valence-corrected chi connectivity index (χ3v) is 6.11. The van der Waals surface area contributed by atoms with Crippen LogP contribution in [-0.4, -0.2) is 39.0 Å². The summed E-state index contributed by atoms with van der Waals surface area (Å²) < 4.78 is 14.6. The maximum atomic E-state index is 13.6. The van der Waals surface area contributed by atoms with Crippen molar-refractivity contribution in [3.8, 4) is 0 Å². The Bertz CT molecular complexity index is 1390. The van der Waals surface area contributed by atoms with Gasteiger partial charge in [-0.15, -0.1) is 0 Å². The van der Waals surface area contributed by atoms with Gasteiger partial charge >= 0.3 is 5.69 Å². The van der Waals surface area contributed by atoms with Crippen LogP contribution in [0.3, 0.4) is 0 Å². The van der Waals surface area contributed by atoms with Gasteiger partial charge in [0.25, 0.3) is 5.56 Å². The van der Waals surface area contributed by atoms with E-state index in [0.717, 1.165) is 21.0 Å². The van der Waals surface area contributed by atoms with E-state index < -0.39 is 23.2 Å². The van der Waals surface area contributed by atoms with E-state index in [1.54, 1.807) is 36.5 Å². The molecule has 2 heterocycles. The quantitative estimate of drug-likeness (QED) is 0.381. The first-order valence-electron chi connectivity index (χ1n) is 10.3. The average molecular weight is 455 g/mol. The largest absolute Gasteiger partial charge is 0.361 e. The molecular formula is C23H23FN4O3S. The Kier molecular flexibility index (Phi) is 6.45. The van der Waals surface area contributed by atoms with Crippen LogP contribution >= 0.6 is 11.8 Å². The molecule has 166 valence electrons. The van der Waals surface area contributed by atoms with E-state index in [0.29, 0.717) is 29.5 Å². The van der Waals surface area contributed by atoms with Crippen LogP contribution in [0.15, 0.2) is 58.3 Å². The first-order valence-corrected chi connectivity index (χ1v) is 11.6. The highest BCUT2D eigenvalue weighted by atomic mass is 32.2.